The van der Waals surface area contributed by atoms with Gasteiger partial charge < -0.3 is 15.4 Å². The van der Waals surface area contributed by atoms with Crippen LogP contribution in [-0.2, 0) is 16.1 Å². The number of benzene rings is 3. The number of fused-ring (bicyclic) bond motifs is 1. The largest absolute Gasteiger partial charge is 0.484 e. The maximum Gasteiger partial charge on any atom is 0.258 e. The van der Waals surface area contributed by atoms with Gasteiger partial charge in [0.25, 0.3) is 5.91 Å². The number of halogens is 2. The van der Waals surface area contributed by atoms with Crippen molar-refractivity contribution in [2.45, 2.75) is 11.7 Å². The molecule has 0 spiro atoms. The van der Waals surface area contributed by atoms with Gasteiger partial charge in [0.2, 0.25) is 5.91 Å². The number of hydrogen-bond donors (Lipinski definition) is 2. The average molecular weight is 600 g/mol. The highest BCUT2D eigenvalue weighted by Gasteiger charge is 2.18. The molecule has 5 rings (SSSR count). The lowest BCUT2D eigenvalue weighted by molar-refractivity contribution is -0.123. The van der Waals surface area contributed by atoms with Gasteiger partial charge in [0, 0.05) is 0 Å². The highest BCUT2D eigenvalue weighted by atomic mass is 35.5. The summed E-state index contributed by atoms with van der Waals surface area (Å²) in [6.07, 6.45) is 0. The molecule has 0 atom stereocenters. The smallest absolute Gasteiger partial charge is 0.258 e. The Morgan fingerprint density at radius 2 is 1.74 bits per heavy atom. The van der Waals surface area contributed by atoms with E-state index in [9.17, 15) is 9.59 Å². The lowest BCUT2D eigenvalue weighted by atomic mass is 10.3. The van der Waals surface area contributed by atoms with Crippen molar-refractivity contribution in [1.29, 1.82) is 0 Å². The van der Waals surface area contributed by atoms with Gasteiger partial charge in [-0.1, -0.05) is 76.6 Å². The molecule has 0 aliphatic rings. The van der Waals surface area contributed by atoms with Crippen molar-refractivity contribution in [3.63, 3.8) is 0 Å². The Labute approximate surface area is 241 Å². The van der Waals surface area contributed by atoms with E-state index < -0.39 is 0 Å². The topological polar surface area (TPSA) is 111 Å². The minimum absolute atomic E-state index is 0.0622. The Bertz CT molecular complexity index is 1590. The van der Waals surface area contributed by atoms with Crippen molar-refractivity contribution >= 4 is 73.5 Å². The highest BCUT2D eigenvalue weighted by Crippen LogP contribution is 2.29. The van der Waals surface area contributed by atoms with E-state index in [0.717, 1.165) is 10.2 Å². The predicted octanol–water partition coefficient (Wildman–Crippen LogP) is 5.61. The number of rotatable bonds is 10. The number of thioether (sulfide) groups is 1. The third-order valence-corrected chi connectivity index (χ3v) is 7.91. The van der Waals surface area contributed by atoms with E-state index in [-0.39, 0.29) is 30.7 Å². The average Bonchev–Trinajstić information content (AvgIpc) is 3.55. The molecule has 0 aliphatic heterocycles. The third-order valence-electron chi connectivity index (χ3n) is 5.29. The summed E-state index contributed by atoms with van der Waals surface area (Å²) in [7, 11) is 0. The summed E-state index contributed by atoms with van der Waals surface area (Å²) in [5.41, 5.74) is 1.46. The molecule has 2 N–H and O–H groups in total. The molecule has 39 heavy (non-hydrogen) atoms. The first kappa shape index (κ1) is 26.9. The molecular weight excluding hydrogens is 579 g/mol. The second-order valence-electron chi connectivity index (χ2n) is 8.03. The fourth-order valence-corrected chi connectivity index (χ4v) is 5.44. The number of thiazole rings is 1. The van der Waals surface area contributed by atoms with Crippen molar-refractivity contribution in [2.24, 2.45) is 0 Å². The molecule has 9 nitrogen and oxygen atoms in total. The van der Waals surface area contributed by atoms with E-state index in [1.54, 1.807) is 34.9 Å². The lowest BCUT2D eigenvalue weighted by Crippen LogP contribution is -2.29. The van der Waals surface area contributed by atoms with Gasteiger partial charge in [-0.25, -0.2) is 4.98 Å². The second kappa shape index (κ2) is 12.5. The van der Waals surface area contributed by atoms with E-state index in [1.807, 2.05) is 42.5 Å². The summed E-state index contributed by atoms with van der Waals surface area (Å²) in [5.74, 6) is 0.528. The molecule has 2 aromatic heterocycles. The van der Waals surface area contributed by atoms with E-state index in [0.29, 0.717) is 37.6 Å². The number of nitrogens with one attached hydrogen (secondary N) is 2. The first-order valence-electron chi connectivity index (χ1n) is 11.6. The molecule has 0 saturated heterocycles. The molecule has 2 heterocycles. The summed E-state index contributed by atoms with van der Waals surface area (Å²) < 4.78 is 8.20. The van der Waals surface area contributed by atoms with Crippen LogP contribution in [0.15, 0.2) is 78.0 Å². The van der Waals surface area contributed by atoms with Crippen molar-refractivity contribution in [2.75, 3.05) is 17.7 Å². The maximum atomic E-state index is 12.7. The van der Waals surface area contributed by atoms with E-state index in [2.05, 4.69) is 25.8 Å². The quantitative estimate of drug-likeness (QED) is 0.201. The number of carbonyl (C=O) groups is 2. The third kappa shape index (κ3) is 6.87. The molecule has 13 heteroatoms. The number of ether oxygens (including phenoxy) is 1. The van der Waals surface area contributed by atoms with Gasteiger partial charge in [-0.2, -0.15) is 0 Å². The number of hydrogen-bond acceptors (Lipinski definition) is 8. The Morgan fingerprint density at radius 1 is 0.949 bits per heavy atom. The van der Waals surface area contributed by atoms with Crippen LogP contribution < -0.4 is 15.4 Å². The Morgan fingerprint density at radius 3 is 2.54 bits per heavy atom. The molecule has 0 bridgehead atoms. The number of anilines is 1. The molecule has 2 amide bonds. The minimum Gasteiger partial charge on any atom is -0.484 e. The van der Waals surface area contributed by atoms with Crippen LogP contribution in [-0.4, -0.2) is 43.9 Å². The highest BCUT2D eigenvalue weighted by molar-refractivity contribution is 7.99. The summed E-state index contributed by atoms with van der Waals surface area (Å²) in [6, 6.07) is 21.8. The molecular formula is C26H20Cl2N6O3S2. The van der Waals surface area contributed by atoms with Crippen LogP contribution >= 0.6 is 46.3 Å². The van der Waals surface area contributed by atoms with E-state index >= 15 is 0 Å². The van der Waals surface area contributed by atoms with Crippen LogP contribution in [0.3, 0.4) is 0 Å². The fourth-order valence-electron chi connectivity index (χ4n) is 3.50. The molecule has 0 fully saturated rings. The van der Waals surface area contributed by atoms with Crippen LogP contribution in [0.1, 0.15) is 5.82 Å². The Hall–Kier alpha value is -3.64. The second-order valence-corrected chi connectivity index (χ2v) is 10.8. The van der Waals surface area contributed by atoms with Crippen molar-refractivity contribution < 1.29 is 14.3 Å². The van der Waals surface area contributed by atoms with Gasteiger partial charge in [0.15, 0.2) is 22.7 Å². The lowest BCUT2D eigenvalue weighted by Gasteiger charge is -2.12. The molecule has 5 aromatic rings. The van der Waals surface area contributed by atoms with Crippen LogP contribution in [0.5, 0.6) is 5.75 Å². The van der Waals surface area contributed by atoms with Gasteiger partial charge >= 0.3 is 0 Å². The van der Waals surface area contributed by atoms with Crippen LogP contribution in [0, 0.1) is 0 Å². The van der Waals surface area contributed by atoms with Gasteiger partial charge in [-0.3, -0.25) is 14.2 Å². The zero-order chi connectivity index (χ0) is 27.2. The molecule has 0 unspecified atom stereocenters. The van der Waals surface area contributed by atoms with Crippen LogP contribution in [0.2, 0.25) is 10.0 Å². The van der Waals surface area contributed by atoms with Crippen molar-refractivity contribution in [3.05, 3.63) is 88.7 Å². The molecule has 3 aromatic carbocycles. The summed E-state index contributed by atoms with van der Waals surface area (Å²) >= 11 is 15.0. The predicted molar refractivity (Wildman–Crippen MR) is 154 cm³/mol. The monoisotopic (exact) mass is 598 g/mol. The summed E-state index contributed by atoms with van der Waals surface area (Å²) in [4.78, 5) is 29.5. The van der Waals surface area contributed by atoms with Gasteiger partial charge in [0.1, 0.15) is 5.75 Å². The number of aromatic nitrogens is 4. The fraction of sp³-hybridized carbons (Fsp3) is 0.115. The standard InChI is InChI=1S/C26H20Cl2N6O3S2/c27-18-11-10-16(12-19(18)28)34-22(13-29-23(35)14-37-17-6-2-1-3-7-17)32-33-26(34)38-15-24(36)31-25-30-20-8-4-5-9-21(20)39-25/h1-12H,13-15H2,(H,29,35)(H,30,31,36). The summed E-state index contributed by atoms with van der Waals surface area (Å²) in [6.45, 7) is -0.0822. The number of amides is 2. The molecule has 0 aliphatic carbocycles. The zero-order valence-electron chi connectivity index (χ0n) is 20.1. The van der Waals surface area contributed by atoms with Gasteiger partial charge in [-0.15, -0.1) is 10.2 Å². The minimum atomic E-state index is -0.327. The summed E-state index contributed by atoms with van der Waals surface area (Å²) in [5, 5.41) is 15.8. The Balaban J connectivity index is 1.27. The van der Waals surface area contributed by atoms with Gasteiger partial charge in [-0.05, 0) is 42.5 Å². The van der Waals surface area contributed by atoms with Crippen LogP contribution in [0.4, 0.5) is 5.13 Å². The first-order valence-corrected chi connectivity index (χ1v) is 14.1. The zero-order valence-corrected chi connectivity index (χ0v) is 23.3. The Kier molecular flexibility index (Phi) is 8.62. The number of nitrogens with zero attached hydrogens (tertiary/aromatic N) is 4. The van der Waals surface area contributed by atoms with Crippen molar-refractivity contribution in [1.82, 2.24) is 25.1 Å². The first-order chi connectivity index (χ1) is 19.0. The molecule has 198 valence electrons. The van der Waals surface area contributed by atoms with Crippen LogP contribution in [0.25, 0.3) is 15.9 Å². The molecule has 0 radical (unpaired) electrons. The number of carbonyl (C=O) groups excluding carboxylic acids is 2. The normalized spacial score (nSPS) is 10.9. The molecule has 0 saturated carbocycles. The van der Waals surface area contributed by atoms with Crippen molar-refractivity contribution in [3.8, 4) is 11.4 Å². The van der Waals surface area contributed by atoms with E-state index in [4.69, 9.17) is 27.9 Å². The SMILES string of the molecule is O=C(COc1ccccc1)NCc1nnc(SCC(=O)Nc2nc3ccccc3s2)n1-c1ccc(Cl)c(Cl)c1. The van der Waals surface area contributed by atoms with Gasteiger partial charge in [0.05, 0.1) is 38.2 Å². The maximum absolute atomic E-state index is 12.7. The number of para-hydroxylation sites is 2. The van der Waals surface area contributed by atoms with E-state index in [1.165, 1.54) is 23.1 Å².